The van der Waals surface area contributed by atoms with Crippen molar-refractivity contribution in [2.24, 2.45) is 13.0 Å². The average Bonchev–Trinajstić information content (AvgIpc) is 3.48. The van der Waals surface area contributed by atoms with Gasteiger partial charge in [-0.3, -0.25) is 10.1 Å². The number of ether oxygens (including phenoxy) is 1. The molecule has 4 aromatic heterocycles. The molecule has 1 saturated heterocycles. The lowest BCUT2D eigenvalue weighted by molar-refractivity contribution is 0.0525. The summed E-state index contributed by atoms with van der Waals surface area (Å²) in [6.45, 7) is 5.99. The van der Waals surface area contributed by atoms with E-state index in [4.69, 9.17) is 9.72 Å². The zero-order valence-electron chi connectivity index (χ0n) is 18.0. The molecule has 1 atom stereocenters. The van der Waals surface area contributed by atoms with Gasteiger partial charge in [-0.15, -0.1) is 5.10 Å². The topological polar surface area (TPSA) is 86.4 Å². The maximum absolute atomic E-state index is 5.63. The van der Waals surface area contributed by atoms with Crippen LogP contribution in [0.5, 0.6) is 0 Å². The molecule has 1 fully saturated rings. The minimum atomic E-state index is 0.330. The summed E-state index contributed by atoms with van der Waals surface area (Å²) >= 11 is 0. The second-order valence-electron chi connectivity index (χ2n) is 8.59. The molecule has 8 nitrogen and oxygen atoms in total. The summed E-state index contributed by atoms with van der Waals surface area (Å²) in [6.07, 6.45) is 6.00. The van der Waals surface area contributed by atoms with Gasteiger partial charge >= 0.3 is 0 Å². The molecule has 1 N–H and O–H groups in total. The van der Waals surface area contributed by atoms with Gasteiger partial charge in [0.2, 0.25) is 0 Å². The highest BCUT2D eigenvalue weighted by Crippen LogP contribution is 2.40. The van der Waals surface area contributed by atoms with Gasteiger partial charge in [0, 0.05) is 48.8 Å². The lowest BCUT2D eigenvalue weighted by Gasteiger charge is -2.30. The molecule has 0 radical (unpaired) electrons. The maximum atomic E-state index is 5.63. The van der Waals surface area contributed by atoms with Gasteiger partial charge in [0.25, 0.3) is 0 Å². The van der Waals surface area contributed by atoms with Crippen molar-refractivity contribution in [1.29, 1.82) is 0 Å². The maximum Gasteiger partial charge on any atom is 0.0967 e. The van der Waals surface area contributed by atoms with Crippen molar-refractivity contribution in [2.75, 3.05) is 13.2 Å². The molecule has 0 unspecified atom stereocenters. The van der Waals surface area contributed by atoms with Gasteiger partial charge in [-0.05, 0) is 50.8 Å². The second kappa shape index (κ2) is 6.88. The molecule has 6 rings (SSSR count). The molecule has 5 heterocycles. The number of hydrogen-bond acceptors (Lipinski definition) is 5. The Bertz CT molecular complexity index is 1400. The number of fused-ring (bicyclic) bond motifs is 5. The van der Waals surface area contributed by atoms with E-state index >= 15 is 0 Å². The number of aryl methyl sites for hydroxylation is 2. The minimum Gasteiger partial charge on any atom is -0.381 e. The third kappa shape index (κ3) is 2.71. The van der Waals surface area contributed by atoms with Gasteiger partial charge in [0.05, 0.1) is 39.7 Å². The molecular weight excluding hydrogens is 390 g/mol. The number of nitrogens with zero attached hydrogens (tertiary/aromatic N) is 6. The number of aromatic amines is 1. The van der Waals surface area contributed by atoms with E-state index in [9.17, 15) is 0 Å². The number of pyridine rings is 1. The Hall–Kier alpha value is -3.26. The van der Waals surface area contributed by atoms with Crippen LogP contribution in [-0.2, 0) is 11.8 Å². The van der Waals surface area contributed by atoms with Crippen LogP contribution < -0.4 is 0 Å². The first-order chi connectivity index (χ1) is 15.1. The second-order valence-corrected chi connectivity index (χ2v) is 8.59. The predicted molar refractivity (Wildman–Crippen MR) is 120 cm³/mol. The number of H-pyrrole nitrogens is 1. The van der Waals surface area contributed by atoms with Gasteiger partial charge in [-0.1, -0.05) is 5.21 Å². The Morgan fingerprint density at radius 1 is 1.16 bits per heavy atom. The molecule has 0 bridgehead atoms. The molecule has 0 aliphatic carbocycles. The lowest BCUT2D eigenvalue weighted by Crippen LogP contribution is -2.24. The lowest BCUT2D eigenvalue weighted by atomic mass is 9.92. The molecule has 0 amide bonds. The fourth-order valence-corrected chi connectivity index (χ4v) is 5.25. The van der Waals surface area contributed by atoms with Crippen molar-refractivity contribution in [3.63, 3.8) is 0 Å². The fourth-order valence-electron chi connectivity index (χ4n) is 5.25. The van der Waals surface area contributed by atoms with E-state index in [1.54, 1.807) is 0 Å². The van der Waals surface area contributed by atoms with E-state index in [0.29, 0.717) is 12.0 Å². The zero-order valence-corrected chi connectivity index (χ0v) is 18.0. The van der Waals surface area contributed by atoms with Crippen molar-refractivity contribution in [3.05, 3.63) is 36.3 Å². The quantitative estimate of drug-likeness (QED) is 0.478. The Morgan fingerprint density at radius 3 is 2.77 bits per heavy atom. The smallest absolute Gasteiger partial charge is 0.0967 e. The largest absolute Gasteiger partial charge is 0.381 e. The SMILES string of the molecule is Cc1nnn(C)c1-c1cnc2c3c4cn[nH]c4ccc3n([C@H](C)C3CCOCC3)c2c1. The van der Waals surface area contributed by atoms with Crippen molar-refractivity contribution in [2.45, 2.75) is 32.7 Å². The number of hydrogen-bond donors (Lipinski definition) is 1. The van der Waals surface area contributed by atoms with Crippen molar-refractivity contribution in [1.82, 2.24) is 34.7 Å². The summed E-state index contributed by atoms with van der Waals surface area (Å²) in [5, 5.41) is 18.1. The fraction of sp³-hybridized carbons (Fsp3) is 0.391. The van der Waals surface area contributed by atoms with Crippen LogP contribution in [0, 0.1) is 12.8 Å². The molecule has 1 aliphatic heterocycles. The molecule has 0 spiro atoms. The van der Waals surface area contributed by atoms with E-state index in [0.717, 1.165) is 70.3 Å². The first-order valence-electron chi connectivity index (χ1n) is 10.8. The van der Waals surface area contributed by atoms with E-state index in [-0.39, 0.29) is 0 Å². The average molecular weight is 416 g/mol. The molecule has 31 heavy (non-hydrogen) atoms. The van der Waals surface area contributed by atoms with Crippen LogP contribution in [-0.4, -0.2) is 48.0 Å². The van der Waals surface area contributed by atoms with Crippen molar-refractivity contribution in [3.8, 4) is 11.3 Å². The standard InChI is InChI=1S/C23H25N7O/c1-13-23(29(3)28-26-13)16-10-20-22(24-11-16)21-17-12-25-27-18(17)4-5-19(21)30(20)14(2)15-6-8-31-9-7-15/h4-5,10-12,14-15H,6-9H2,1-3H3,(H,25,27)/t14-/m1/s1. The highest BCUT2D eigenvalue weighted by atomic mass is 16.5. The van der Waals surface area contributed by atoms with Gasteiger partial charge in [-0.2, -0.15) is 5.10 Å². The first kappa shape index (κ1) is 18.5. The number of benzene rings is 1. The third-order valence-corrected chi connectivity index (χ3v) is 6.85. The zero-order chi connectivity index (χ0) is 21.1. The van der Waals surface area contributed by atoms with Gasteiger partial charge in [0.1, 0.15) is 0 Å². The number of nitrogens with one attached hydrogen (secondary N) is 1. The Balaban J connectivity index is 1.66. The van der Waals surface area contributed by atoms with Crippen LogP contribution in [0.4, 0.5) is 0 Å². The van der Waals surface area contributed by atoms with Gasteiger partial charge < -0.3 is 9.30 Å². The summed E-state index contributed by atoms with van der Waals surface area (Å²) in [6, 6.07) is 6.89. The molecule has 1 aliphatic rings. The van der Waals surface area contributed by atoms with Crippen LogP contribution in [0.1, 0.15) is 31.5 Å². The first-order valence-corrected chi connectivity index (χ1v) is 10.8. The number of rotatable bonds is 3. The van der Waals surface area contributed by atoms with Crippen LogP contribution in [0.25, 0.3) is 44.1 Å². The van der Waals surface area contributed by atoms with E-state index in [1.165, 1.54) is 5.52 Å². The van der Waals surface area contributed by atoms with Crippen molar-refractivity contribution < 1.29 is 4.74 Å². The summed E-state index contributed by atoms with van der Waals surface area (Å²) < 4.78 is 9.93. The summed E-state index contributed by atoms with van der Waals surface area (Å²) in [5.74, 6) is 0.566. The Morgan fingerprint density at radius 2 is 2.00 bits per heavy atom. The van der Waals surface area contributed by atoms with Crippen LogP contribution in [0.2, 0.25) is 0 Å². The normalized spacial score (nSPS) is 16.6. The predicted octanol–water partition coefficient (Wildman–Crippen LogP) is 4.16. The van der Waals surface area contributed by atoms with E-state index in [2.05, 4.69) is 50.2 Å². The van der Waals surface area contributed by atoms with E-state index in [1.807, 2.05) is 31.0 Å². The molecule has 5 aromatic rings. The van der Waals surface area contributed by atoms with Crippen LogP contribution in [0.3, 0.4) is 0 Å². The molecule has 158 valence electrons. The van der Waals surface area contributed by atoms with Crippen LogP contribution >= 0.6 is 0 Å². The van der Waals surface area contributed by atoms with Crippen LogP contribution in [0.15, 0.2) is 30.6 Å². The van der Waals surface area contributed by atoms with E-state index < -0.39 is 0 Å². The van der Waals surface area contributed by atoms with Gasteiger partial charge in [-0.25, -0.2) is 4.68 Å². The summed E-state index contributed by atoms with van der Waals surface area (Å²) in [5.41, 5.74) is 7.32. The summed E-state index contributed by atoms with van der Waals surface area (Å²) in [7, 11) is 1.93. The minimum absolute atomic E-state index is 0.330. The monoisotopic (exact) mass is 415 g/mol. The molecule has 1 aromatic carbocycles. The molecular formula is C23H25N7O. The van der Waals surface area contributed by atoms with Crippen molar-refractivity contribution >= 4 is 32.8 Å². The number of aromatic nitrogens is 7. The Kier molecular flexibility index (Phi) is 4.11. The molecule has 8 heteroatoms. The summed E-state index contributed by atoms with van der Waals surface area (Å²) in [4.78, 5) is 4.97. The molecule has 0 saturated carbocycles. The van der Waals surface area contributed by atoms with Gasteiger partial charge in [0.15, 0.2) is 0 Å². The highest BCUT2D eigenvalue weighted by Gasteiger charge is 2.26. The third-order valence-electron chi connectivity index (χ3n) is 6.85. The highest BCUT2D eigenvalue weighted by molar-refractivity contribution is 6.18. The Labute approximate surface area is 179 Å².